The van der Waals surface area contributed by atoms with E-state index in [1.54, 1.807) is 0 Å². The molecule has 0 saturated carbocycles. The summed E-state index contributed by atoms with van der Waals surface area (Å²) in [5.74, 6) is -2.76. The molecule has 1 aromatic heterocycles. The van der Waals surface area contributed by atoms with Gasteiger partial charge in [-0.25, -0.2) is 4.79 Å². The van der Waals surface area contributed by atoms with E-state index in [2.05, 4.69) is 47.4 Å². The summed E-state index contributed by atoms with van der Waals surface area (Å²) < 4.78 is 31.7. The minimum atomic E-state index is -5.08. The van der Waals surface area contributed by atoms with Crippen molar-refractivity contribution in [1.82, 2.24) is 4.98 Å². The fourth-order valence-electron chi connectivity index (χ4n) is 3.35. The van der Waals surface area contributed by atoms with Crippen molar-refractivity contribution < 1.29 is 23.1 Å². The number of halogens is 3. The van der Waals surface area contributed by atoms with Gasteiger partial charge in [-0.3, -0.25) is 4.98 Å². The number of nitrogens with zero attached hydrogens (tertiary/aromatic N) is 1. The number of hydrogen-bond donors (Lipinski definition) is 2. The minimum absolute atomic E-state index is 0.584. The Labute approximate surface area is 166 Å². The van der Waals surface area contributed by atoms with Gasteiger partial charge in [-0.1, -0.05) is 24.3 Å². The molecule has 7 heteroatoms. The lowest BCUT2D eigenvalue weighted by Gasteiger charge is -2.15. The van der Waals surface area contributed by atoms with Gasteiger partial charge >= 0.3 is 12.1 Å². The zero-order valence-electron chi connectivity index (χ0n) is 15.7. The number of carboxylic acids is 1. The van der Waals surface area contributed by atoms with Crippen LogP contribution in [0.3, 0.4) is 0 Å². The van der Waals surface area contributed by atoms with Crippen molar-refractivity contribution in [2.45, 2.75) is 38.4 Å². The van der Waals surface area contributed by atoms with E-state index in [0.717, 1.165) is 6.42 Å². The molecule has 0 bridgehead atoms. The maximum Gasteiger partial charge on any atom is 0.490 e. The number of aryl methyl sites for hydroxylation is 2. The lowest BCUT2D eigenvalue weighted by molar-refractivity contribution is -0.192. The maximum atomic E-state index is 10.6. The molecule has 152 valence electrons. The number of aliphatic carboxylic acids is 1. The van der Waals surface area contributed by atoms with Gasteiger partial charge in [0.2, 0.25) is 0 Å². The minimum Gasteiger partial charge on any atom is -0.475 e. The number of benzene rings is 2. The van der Waals surface area contributed by atoms with Crippen LogP contribution in [0.25, 0.3) is 21.9 Å². The number of aromatic nitrogens is 1. The van der Waals surface area contributed by atoms with E-state index in [1.807, 2.05) is 6.20 Å². The molecule has 0 unspecified atom stereocenters. The zero-order chi connectivity index (χ0) is 21.0. The molecule has 4 rings (SSSR count). The second kappa shape index (κ2) is 8.61. The third-order valence-electron chi connectivity index (χ3n) is 4.89. The second-order valence-electron chi connectivity index (χ2n) is 6.94. The van der Waals surface area contributed by atoms with Gasteiger partial charge in [0.05, 0.1) is 0 Å². The number of nitrogens with two attached hydrogens (primary N) is 1. The van der Waals surface area contributed by atoms with Gasteiger partial charge in [-0.2, -0.15) is 13.2 Å². The van der Waals surface area contributed by atoms with Gasteiger partial charge in [-0.05, 0) is 71.3 Å². The largest absolute Gasteiger partial charge is 0.490 e. The van der Waals surface area contributed by atoms with Crippen molar-refractivity contribution in [3.05, 3.63) is 65.5 Å². The fraction of sp³-hybridized carbons (Fsp3) is 0.273. The average molecular weight is 402 g/mol. The van der Waals surface area contributed by atoms with Crippen LogP contribution in [0.5, 0.6) is 0 Å². The van der Waals surface area contributed by atoms with Gasteiger partial charge in [0.15, 0.2) is 0 Å². The summed E-state index contributed by atoms with van der Waals surface area (Å²) in [4.78, 5) is 13.6. The van der Waals surface area contributed by atoms with Gasteiger partial charge in [0.1, 0.15) is 0 Å². The number of carboxylic acid groups (broad SMARTS) is 1. The van der Waals surface area contributed by atoms with E-state index in [-0.39, 0.29) is 0 Å². The van der Waals surface area contributed by atoms with Crippen molar-refractivity contribution in [3.8, 4) is 11.1 Å². The Morgan fingerprint density at radius 1 is 1.00 bits per heavy atom. The topological polar surface area (TPSA) is 76.2 Å². The van der Waals surface area contributed by atoms with Gasteiger partial charge < -0.3 is 10.8 Å². The number of rotatable bonds is 2. The molecular formula is C22H21F3N2O2. The molecule has 1 aliphatic carbocycles. The number of fused-ring (bicyclic) bond motifs is 2. The van der Waals surface area contributed by atoms with Crippen LogP contribution in [0.15, 0.2) is 48.7 Å². The summed E-state index contributed by atoms with van der Waals surface area (Å²) in [6.07, 6.45) is 1.80. The Kier molecular flexibility index (Phi) is 6.17. The van der Waals surface area contributed by atoms with Crippen molar-refractivity contribution >= 4 is 16.7 Å². The molecule has 0 saturated heterocycles. The Bertz CT molecular complexity index is 1030. The summed E-state index contributed by atoms with van der Waals surface area (Å²) in [5.41, 5.74) is 12.1. The van der Waals surface area contributed by atoms with Crippen molar-refractivity contribution in [3.63, 3.8) is 0 Å². The van der Waals surface area contributed by atoms with Crippen molar-refractivity contribution in [2.75, 3.05) is 0 Å². The van der Waals surface area contributed by atoms with E-state index < -0.39 is 12.1 Å². The van der Waals surface area contributed by atoms with E-state index in [1.165, 1.54) is 58.0 Å². The number of carbonyl (C=O) groups is 1. The normalized spacial score (nSPS) is 13.4. The molecule has 0 atom stereocenters. The standard InChI is InChI=1S/C20H20N2.C2HF3O2/c21-12-14-5-6-15-7-8-16(10-18(15)9-14)19-11-17-3-1-2-4-20(17)22-13-19;3-2(4,5)1(6)7/h5-11,13H,1-4,12,21H2;(H,6,7). The van der Waals surface area contributed by atoms with E-state index in [0.29, 0.717) is 6.54 Å². The summed E-state index contributed by atoms with van der Waals surface area (Å²) >= 11 is 0. The van der Waals surface area contributed by atoms with Crippen LogP contribution in [0.4, 0.5) is 13.2 Å². The molecule has 0 amide bonds. The van der Waals surface area contributed by atoms with Gasteiger partial charge in [-0.15, -0.1) is 0 Å². The summed E-state index contributed by atoms with van der Waals surface area (Å²) in [7, 11) is 0. The Morgan fingerprint density at radius 3 is 2.38 bits per heavy atom. The van der Waals surface area contributed by atoms with Gasteiger partial charge in [0, 0.05) is 24.0 Å². The first-order valence-corrected chi connectivity index (χ1v) is 9.29. The first-order chi connectivity index (χ1) is 13.8. The molecule has 0 spiro atoms. The predicted molar refractivity (Wildman–Crippen MR) is 105 cm³/mol. The van der Waals surface area contributed by atoms with Crippen LogP contribution >= 0.6 is 0 Å². The monoisotopic (exact) mass is 402 g/mol. The highest BCUT2D eigenvalue weighted by molar-refractivity contribution is 5.87. The van der Waals surface area contributed by atoms with Crippen LogP contribution in [0.1, 0.15) is 29.7 Å². The van der Waals surface area contributed by atoms with Crippen LogP contribution in [0, 0.1) is 0 Å². The van der Waals surface area contributed by atoms with Crippen molar-refractivity contribution in [2.24, 2.45) is 5.73 Å². The maximum absolute atomic E-state index is 10.6. The molecule has 1 heterocycles. The molecule has 3 aromatic rings. The second-order valence-corrected chi connectivity index (χ2v) is 6.94. The molecule has 0 fully saturated rings. The van der Waals surface area contributed by atoms with E-state index >= 15 is 0 Å². The molecule has 3 N–H and O–H groups in total. The lowest BCUT2D eigenvalue weighted by Crippen LogP contribution is -2.21. The lowest BCUT2D eigenvalue weighted by atomic mass is 9.93. The molecular weight excluding hydrogens is 381 g/mol. The highest BCUT2D eigenvalue weighted by Gasteiger charge is 2.38. The Balaban J connectivity index is 0.000000298. The first-order valence-electron chi connectivity index (χ1n) is 9.29. The highest BCUT2D eigenvalue weighted by atomic mass is 19.4. The number of alkyl halides is 3. The zero-order valence-corrected chi connectivity index (χ0v) is 15.7. The smallest absolute Gasteiger partial charge is 0.475 e. The van der Waals surface area contributed by atoms with Crippen molar-refractivity contribution in [1.29, 1.82) is 0 Å². The fourth-order valence-corrected chi connectivity index (χ4v) is 3.35. The number of pyridine rings is 1. The summed E-state index contributed by atoms with van der Waals surface area (Å²) in [5, 5.41) is 9.63. The quantitative estimate of drug-likeness (QED) is 0.641. The first kappa shape index (κ1) is 20.8. The van der Waals surface area contributed by atoms with E-state index in [4.69, 9.17) is 15.6 Å². The molecule has 2 aromatic carbocycles. The van der Waals surface area contributed by atoms with Crippen LogP contribution in [-0.4, -0.2) is 22.2 Å². The third-order valence-corrected chi connectivity index (χ3v) is 4.89. The van der Waals surface area contributed by atoms with Crippen LogP contribution < -0.4 is 5.73 Å². The summed E-state index contributed by atoms with van der Waals surface area (Å²) in [6.45, 7) is 0.584. The highest BCUT2D eigenvalue weighted by Crippen LogP contribution is 2.28. The van der Waals surface area contributed by atoms with Crippen LogP contribution in [-0.2, 0) is 24.2 Å². The molecule has 0 aliphatic heterocycles. The SMILES string of the molecule is NCc1ccc2ccc(-c3cnc4c(c3)CCCC4)cc2c1.O=C(O)C(F)(F)F. The average Bonchev–Trinajstić information content (AvgIpc) is 2.72. The van der Waals surface area contributed by atoms with Crippen LogP contribution in [0.2, 0.25) is 0 Å². The molecule has 29 heavy (non-hydrogen) atoms. The Hall–Kier alpha value is -2.93. The Morgan fingerprint density at radius 2 is 1.69 bits per heavy atom. The summed E-state index contributed by atoms with van der Waals surface area (Å²) in [6, 6.07) is 15.4. The van der Waals surface area contributed by atoms with E-state index in [9.17, 15) is 13.2 Å². The molecule has 1 aliphatic rings. The third kappa shape index (κ3) is 5.12. The number of hydrogen-bond acceptors (Lipinski definition) is 3. The van der Waals surface area contributed by atoms with Gasteiger partial charge in [0.25, 0.3) is 0 Å². The molecule has 4 nitrogen and oxygen atoms in total. The molecule has 0 radical (unpaired) electrons. The predicted octanol–water partition coefficient (Wildman–Crippen LogP) is 4.87.